The molecular formula is C26H27BF3N4O3+. The lowest BCUT2D eigenvalue weighted by molar-refractivity contribution is -0.283. The third-order valence-corrected chi connectivity index (χ3v) is 7.19. The molecule has 0 aliphatic carbocycles. The van der Waals surface area contributed by atoms with Gasteiger partial charge in [0.25, 0.3) is 0 Å². The van der Waals surface area contributed by atoms with Gasteiger partial charge in [0.1, 0.15) is 11.6 Å². The molecule has 2 aromatic rings. The van der Waals surface area contributed by atoms with Crippen LogP contribution in [0.5, 0.6) is 0 Å². The first-order valence-corrected chi connectivity index (χ1v) is 12.0. The van der Waals surface area contributed by atoms with Gasteiger partial charge in [-0.3, -0.25) is 4.90 Å². The van der Waals surface area contributed by atoms with Crippen molar-refractivity contribution in [3.8, 4) is 0 Å². The number of urea groups is 1. The number of benzene rings is 2. The van der Waals surface area contributed by atoms with Crippen molar-refractivity contribution in [3.63, 3.8) is 0 Å². The largest absolute Gasteiger partial charge is 0.494 e. The molecule has 0 bridgehead atoms. The fraction of sp³-hybridized carbons (Fsp3) is 0.385. The second-order valence-corrected chi connectivity index (χ2v) is 10.4. The van der Waals surface area contributed by atoms with Gasteiger partial charge in [0.15, 0.2) is 0 Å². The van der Waals surface area contributed by atoms with Crippen molar-refractivity contribution in [1.82, 2.24) is 0 Å². The Labute approximate surface area is 213 Å². The fourth-order valence-electron chi connectivity index (χ4n) is 4.44. The summed E-state index contributed by atoms with van der Waals surface area (Å²) in [5.74, 6) is 2.85. The van der Waals surface area contributed by atoms with Crippen molar-refractivity contribution in [1.29, 1.82) is 0 Å². The molecule has 11 heteroatoms. The number of allylic oxidation sites excluding steroid dienone is 1. The molecule has 192 valence electrons. The highest BCUT2D eigenvalue weighted by atomic mass is 19.4. The maximum Gasteiger partial charge on any atom is 0.494 e. The van der Waals surface area contributed by atoms with Crippen molar-refractivity contribution < 1.29 is 31.9 Å². The number of halogens is 3. The monoisotopic (exact) mass is 511 g/mol. The second kappa shape index (κ2) is 8.58. The van der Waals surface area contributed by atoms with E-state index < -0.39 is 36.1 Å². The van der Waals surface area contributed by atoms with E-state index in [0.29, 0.717) is 24.4 Å². The number of anilines is 2. The molecule has 0 saturated carbocycles. The fourth-order valence-corrected chi connectivity index (χ4v) is 4.44. The number of alkyl halides is 3. The van der Waals surface area contributed by atoms with Crippen LogP contribution in [0.4, 0.5) is 35.0 Å². The van der Waals surface area contributed by atoms with Gasteiger partial charge >= 0.3 is 25.7 Å². The van der Waals surface area contributed by atoms with Gasteiger partial charge in [0.2, 0.25) is 5.70 Å². The summed E-state index contributed by atoms with van der Waals surface area (Å²) >= 11 is 0. The first-order valence-electron chi connectivity index (χ1n) is 12.0. The zero-order chi connectivity index (χ0) is 26.8. The number of fused-ring (bicyclic) bond motifs is 1. The average Bonchev–Trinajstić information content (AvgIpc) is 3.48. The van der Waals surface area contributed by atoms with Crippen LogP contribution < -0.4 is 15.7 Å². The lowest BCUT2D eigenvalue weighted by Gasteiger charge is -2.32. The van der Waals surface area contributed by atoms with E-state index in [0.717, 1.165) is 23.2 Å². The molecule has 3 aliphatic heterocycles. The molecule has 3 heterocycles. The summed E-state index contributed by atoms with van der Waals surface area (Å²) in [7, 11) is -0.523. The first-order chi connectivity index (χ1) is 17.2. The van der Waals surface area contributed by atoms with Crippen LogP contribution in [-0.4, -0.2) is 47.7 Å². The van der Waals surface area contributed by atoms with Crippen LogP contribution in [0.1, 0.15) is 45.7 Å². The Morgan fingerprint density at radius 1 is 1.14 bits per heavy atom. The molecule has 3 aliphatic rings. The molecule has 7 nitrogen and oxygen atoms in total. The Kier molecular flexibility index (Phi) is 5.86. The Morgan fingerprint density at radius 2 is 1.84 bits per heavy atom. The van der Waals surface area contributed by atoms with Gasteiger partial charge in [-0.1, -0.05) is 12.1 Å². The topological polar surface area (TPSA) is 66.2 Å². The Morgan fingerprint density at radius 3 is 2.46 bits per heavy atom. The van der Waals surface area contributed by atoms with Gasteiger partial charge < -0.3 is 14.6 Å². The van der Waals surface area contributed by atoms with E-state index in [1.165, 1.54) is 21.9 Å². The number of carbonyl (C=O) groups is 1. The van der Waals surface area contributed by atoms with E-state index in [1.54, 1.807) is 6.92 Å². The Hall–Kier alpha value is -3.40. The molecule has 1 saturated heterocycles. The molecule has 1 N–H and O–H groups in total. The lowest BCUT2D eigenvalue weighted by atomic mass is 9.78. The standard InChI is InChI=1S/C26H26BF3N4O3/c1-16-14-33(15-31-16)21-12-18(26(28,29)30)11-20(13-21)32-23(35)34-9-8-17-10-19(6-7-22(17)34)27-36-24(2,3)25(4,5)37-27/h6-7,10-13,15H,8-9H2,1-5H3/p+1. The van der Waals surface area contributed by atoms with Crippen LogP contribution in [0, 0.1) is 0 Å². The van der Waals surface area contributed by atoms with Gasteiger partial charge in [0, 0.05) is 30.9 Å². The van der Waals surface area contributed by atoms with Crippen LogP contribution in [0.25, 0.3) is 0 Å². The molecule has 0 spiro atoms. The van der Waals surface area contributed by atoms with Crippen molar-refractivity contribution in [3.05, 3.63) is 53.2 Å². The minimum Gasteiger partial charge on any atom is -0.399 e. The zero-order valence-corrected chi connectivity index (χ0v) is 21.2. The summed E-state index contributed by atoms with van der Waals surface area (Å²) in [6.07, 6.45) is -2.60. The minimum atomic E-state index is -4.59. The third kappa shape index (κ3) is 4.70. The molecule has 37 heavy (non-hydrogen) atoms. The van der Waals surface area contributed by atoms with E-state index in [-0.39, 0.29) is 11.4 Å². The number of aliphatic imine (C=N–C) groups is 1. The maximum absolute atomic E-state index is 13.6. The summed E-state index contributed by atoms with van der Waals surface area (Å²) in [5, 5.41) is 2.64. The van der Waals surface area contributed by atoms with Gasteiger partial charge in [0.05, 0.1) is 16.8 Å². The van der Waals surface area contributed by atoms with Crippen molar-refractivity contribution in [2.45, 2.75) is 58.4 Å². The highest BCUT2D eigenvalue weighted by Gasteiger charge is 2.51. The maximum atomic E-state index is 13.6. The van der Waals surface area contributed by atoms with Crippen LogP contribution in [0.3, 0.4) is 0 Å². The summed E-state index contributed by atoms with van der Waals surface area (Å²) < 4.78 is 54.4. The van der Waals surface area contributed by atoms with Crippen LogP contribution in [0.15, 0.2) is 47.1 Å². The number of amides is 2. The van der Waals surface area contributed by atoms with E-state index >= 15 is 0 Å². The molecule has 2 aromatic carbocycles. The minimum absolute atomic E-state index is 0.0249. The van der Waals surface area contributed by atoms with Crippen LogP contribution in [-0.2, 0) is 21.9 Å². The summed E-state index contributed by atoms with van der Waals surface area (Å²) in [4.78, 5) is 18.7. The van der Waals surface area contributed by atoms with Crippen LogP contribution in [0.2, 0.25) is 0 Å². The van der Waals surface area contributed by atoms with Gasteiger partial charge in [-0.15, -0.1) is 0 Å². The average molecular weight is 511 g/mol. The van der Waals surface area contributed by atoms with Gasteiger partial charge in [-0.2, -0.15) is 17.7 Å². The van der Waals surface area contributed by atoms with E-state index in [1.807, 2.05) is 45.9 Å². The quantitative estimate of drug-likeness (QED) is 0.473. The predicted molar refractivity (Wildman–Crippen MR) is 136 cm³/mol. The molecule has 5 rings (SSSR count). The molecule has 0 unspecified atom stereocenters. The Balaban J connectivity index is 1.38. The first kappa shape index (κ1) is 25.3. The highest BCUT2D eigenvalue weighted by molar-refractivity contribution is 6.62. The summed E-state index contributed by atoms with van der Waals surface area (Å²) in [6.45, 7) is 10.0. The molecule has 0 radical (unpaired) electrons. The van der Waals surface area contributed by atoms with Gasteiger partial charge in [-0.25, -0.2) is 4.79 Å². The van der Waals surface area contributed by atoms with Gasteiger partial charge in [-0.05, 0) is 68.3 Å². The van der Waals surface area contributed by atoms with Crippen molar-refractivity contribution >= 4 is 47.9 Å². The normalized spacial score (nSPS) is 19.7. The van der Waals surface area contributed by atoms with Crippen molar-refractivity contribution in [2.24, 2.45) is 4.99 Å². The number of nitrogens with zero attached hydrogens (tertiary/aromatic N) is 3. The molecule has 2 amide bonds. The van der Waals surface area contributed by atoms with E-state index in [9.17, 15) is 18.0 Å². The molecule has 0 atom stereocenters. The SMILES string of the molecule is CC1=C=[N+](c2cc(NC(=O)N3CCc4cc(B5OC(C)(C)C(C)(C)O5)ccc43)cc(C(F)(F)F)c2)C=N1. The smallest absolute Gasteiger partial charge is 0.399 e. The number of hydrogen-bond acceptors (Lipinski definition) is 4. The van der Waals surface area contributed by atoms with E-state index in [2.05, 4.69) is 16.2 Å². The molecule has 1 fully saturated rings. The second-order valence-electron chi connectivity index (χ2n) is 10.4. The molecule has 0 aromatic heterocycles. The third-order valence-electron chi connectivity index (χ3n) is 7.19. The number of carbonyl (C=O) groups excluding carboxylic acids is 1. The highest BCUT2D eigenvalue weighted by Crippen LogP contribution is 2.38. The molecular weight excluding hydrogens is 484 g/mol. The summed E-state index contributed by atoms with van der Waals surface area (Å²) in [5.41, 5.74) is 1.43. The lowest BCUT2D eigenvalue weighted by Crippen LogP contribution is -2.41. The Bertz CT molecular complexity index is 1380. The zero-order valence-electron chi connectivity index (χ0n) is 21.2. The number of rotatable bonds is 3. The number of nitrogens with one attached hydrogen (secondary N) is 1. The summed E-state index contributed by atoms with van der Waals surface area (Å²) in [6, 6.07) is 8.50. The van der Waals surface area contributed by atoms with Crippen LogP contribution >= 0.6 is 0 Å². The van der Waals surface area contributed by atoms with E-state index in [4.69, 9.17) is 9.31 Å². The number of hydrogen-bond donors (Lipinski definition) is 1. The van der Waals surface area contributed by atoms with Crippen molar-refractivity contribution in [2.75, 3.05) is 16.8 Å². The predicted octanol–water partition coefficient (Wildman–Crippen LogP) is 4.86.